The number of hydrogen-bond donors (Lipinski definition) is 0. The largest absolute Gasteiger partial charge is 0.194 e. The average Bonchev–Trinajstić information content (AvgIpc) is 2.86. The predicted octanol–water partition coefficient (Wildman–Crippen LogP) is 5.92. The molecule has 0 saturated heterocycles. The summed E-state index contributed by atoms with van der Waals surface area (Å²) in [6.07, 6.45) is 0. The zero-order valence-corrected chi connectivity index (χ0v) is 12.9. The standard InChI is InChI=1S/C17H13NS2/c1-11-8-15(18-10-19)12(2)7-14(11)17-9-13-5-3-4-6-16(13)20-17/h3-9H,1-2H3. The Kier molecular flexibility index (Phi) is 3.49. The molecule has 0 radical (unpaired) electrons. The summed E-state index contributed by atoms with van der Waals surface area (Å²) in [4.78, 5) is 5.41. The van der Waals surface area contributed by atoms with Gasteiger partial charge in [-0.2, -0.15) is 4.99 Å². The van der Waals surface area contributed by atoms with Gasteiger partial charge in [-0.3, -0.25) is 0 Å². The maximum Gasteiger partial charge on any atom is 0.0771 e. The first-order valence-electron chi connectivity index (χ1n) is 6.37. The quantitative estimate of drug-likeness (QED) is 0.422. The Morgan fingerprint density at radius 1 is 1.05 bits per heavy atom. The molecule has 3 aromatic rings. The highest BCUT2D eigenvalue weighted by Gasteiger charge is 2.09. The molecule has 20 heavy (non-hydrogen) atoms. The van der Waals surface area contributed by atoms with E-state index < -0.39 is 0 Å². The van der Waals surface area contributed by atoms with Crippen molar-refractivity contribution in [1.82, 2.24) is 0 Å². The monoisotopic (exact) mass is 295 g/mol. The first-order chi connectivity index (χ1) is 9.69. The van der Waals surface area contributed by atoms with Crippen LogP contribution in [0.5, 0.6) is 0 Å². The van der Waals surface area contributed by atoms with Crippen molar-refractivity contribution in [3.63, 3.8) is 0 Å². The van der Waals surface area contributed by atoms with Crippen LogP contribution in [-0.4, -0.2) is 5.16 Å². The fourth-order valence-electron chi connectivity index (χ4n) is 2.35. The van der Waals surface area contributed by atoms with Crippen LogP contribution in [0.3, 0.4) is 0 Å². The molecule has 0 amide bonds. The van der Waals surface area contributed by atoms with E-state index in [4.69, 9.17) is 12.2 Å². The molecule has 0 fully saturated rings. The number of aryl methyl sites for hydroxylation is 2. The first-order valence-corrected chi connectivity index (χ1v) is 7.59. The Morgan fingerprint density at radius 3 is 2.60 bits per heavy atom. The Balaban J connectivity index is 2.18. The molecular weight excluding hydrogens is 282 g/mol. The Labute approximate surface area is 127 Å². The van der Waals surface area contributed by atoms with Crippen molar-refractivity contribution in [2.75, 3.05) is 0 Å². The van der Waals surface area contributed by atoms with E-state index in [1.165, 1.54) is 26.1 Å². The van der Waals surface area contributed by atoms with Crippen LogP contribution in [0.25, 0.3) is 20.5 Å². The number of isothiocyanates is 1. The topological polar surface area (TPSA) is 12.4 Å². The molecule has 1 aromatic heterocycles. The molecule has 0 aliphatic rings. The average molecular weight is 295 g/mol. The summed E-state index contributed by atoms with van der Waals surface area (Å²) in [5.41, 5.74) is 4.51. The Morgan fingerprint density at radius 2 is 1.85 bits per heavy atom. The van der Waals surface area contributed by atoms with Crippen LogP contribution in [0.2, 0.25) is 0 Å². The van der Waals surface area contributed by atoms with Crippen LogP contribution in [0.4, 0.5) is 5.69 Å². The highest BCUT2D eigenvalue weighted by atomic mass is 32.1. The molecule has 0 N–H and O–H groups in total. The van der Waals surface area contributed by atoms with Crippen LogP contribution in [0.1, 0.15) is 11.1 Å². The highest BCUT2D eigenvalue weighted by molar-refractivity contribution is 7.78. The van der Waals surface area contributed by atoms with Crippen molar-refractivity contribution < 1.29 is 0 Å². The van der Waals surface area contributed by atoms with Crippen molar-refractivity contribution in [3.8, 4) is 10.4 Å². The lowest BCUT2D eigenvalue weighted by Crippen LogP contribution is -1.83. The lowest BCUT2D eigenvalue weighted by atomic mass is 10.0. The zero-order valence-electron chi connectivity index (χ0n) is 11.3. The number of thiocarbonyl (C=S) groups is 1. The number of benzene rings is 2. The molecule has 98 valence electrons. The van der Waals surface area contributed by atoms with Crippen molar-refractivity contribution in [3.05, 3.63) is 53.6 Å². The number of fused-ring (bicyclic) bond motifs is 1. The van der Waals surface area contributed by atoms with E-state index >= 15 is 0 Å². The number of rotatable bonds is 2. The van der Waals surface area contributed by atoms with Gasteiger partial charge in [0.15, 0.2) is 0 Å². The third-order valence-electron chi connectivity index (χ3n) is 3.40. The van der Waals surface area contributed by atoms with E-state index in [9.17, 15) is 0 Å². The van der Waals surface area contributed by atoms with Gasteiger partial charge in [0.05, 0.1) is 10.8 Å². The van der Waals surface area contributed by atoms with Gasteiger partial charge in [-0.15, -0.1) is 11.3 Å². The summed E-state index contributed by atoms with van der Waals surface area (Å²) in [5.74, 6) is 0. The van der Waals surface area contributed by atoms with E-state index in [-0.39, 0.29) is 0 Å². The number of nitrogens with zero attached hydrogens (tertiary/aromatic N) is 1. The molecular formula is C17H13NS2. The van der Waals surface area contributed by atoms with Gasteiger partial charge in [-0.1, -0.05) is 18.2 Å². The summed E-state index contributed by atoms with van der Waals surface area (Å²) < 4.78 is 1.32. The number of thiophene rings is 1. The molecule has 3 rings (SSSR count). The molecule has 0 aliphatic carbocycles. The maximum atomic E-state index is 4.69. The maximum absolute atomic E-state index is 4.69. The van der Waals surface area contributed by atoms with Crippen molar-refractivity contribution in [2.45, 2.75) is 13.8 Å². The number of aliphatic imine (C=N–C) groups is 1. The lowest BCUT2D eigenvalue weighted by Gasteiger charge is -2.07. The molecule has 0 spiro atoms. The van der Waals surface area contributed by atoms with E-state index in [1.807, 2.05) is 11.3 Å². The van der Waals surface area contributed by atoms with Crippen LogP contribution < -0.4 is 0 Å². The van der Waals surface area contributed by atoms with Crippen LogP contribution >= 0.6 is 23.6 Å². The molecule has 1 heterocycles. The second kappa shape index (κ2) is 5.29. The van der Waals surface area contributed by atoms with Gasteiger partial charge in [-0.05, 0) is 72.4 Å². The molecule has 3 heteroatoms. The minimum atomic E-state index is 0.905. The zero-order chi connectivity index (χ0) is 14.1. The molecule has 0 aliphatic heterocycles. The van der Waals surface area contributed by atoms with Gasteiger partial charge in [0.2, 0.25) is 0 Å². The van der Waals surface area contributed by atoms with Gasteiger partial charge in [0.1, 0.15) is 0 Å². The third kappa shape index (κ3) is 2.32. The minimum absolute atomic E-state index is 0.905. The van der Waals surface area contributed by atoms with E-state index in [1.54, 1.807) is 0 Å². The van der Waals surface area contributed by atoms with Crippen molar-refractivity contribution in [2.24, 2.45) is 4.99 Å². The summed E-state index contributed by atoms with van der Waals surface area (Å²) in [6, 6.07) is 15.0. The highest BCUT2D eigenvalue weighted by Crippen LogP contribution is 2.37. The summed E-state index contributed by atoms with van der Waals surface area (Å²) >= 11 is 6.52. The second-order valence-corrected chi connectivity index (χ2v) is 6.07. The Bertz CT molecular complexity index is 806. The predicted molar refractivity (Wildman–Crippen MR) is 91.4 cm³/mol. The van der Waals surface area contributed by atoms with Gasteiger partial charge < -0.3 is 0 Å². The molecule has 1 nitrogen and oxygen atoms in total. The molecule has 0 bridgehead atoms. The number of hydrogen-bond acceptors (Lipinski definition) is 3. The van der Waals surface area contributed by atoms with Gasteiger partial charge in [0.25, 0.3) is 0 Å². The fraction of sp³-hybridized carbons (Fsp3) is 0.118. The lowest BCUT2D eigenvalue weighted by molar-refractivity contribution is 1.36. The van der Waals surface area contributed by atoms with Crippen molar-refractivity contribution >= 4 is 44.5 Å². The van der Waals surface area contributed by atoms with Crippen LogP contribution in [0.15, 0.2) is 47.5 Å². The summed E-state index contributed by atoms with van der Waals surface area (Å²) in [6.45, 7) is 4.17. The summed E-state index contributed by atoms with van der Waals surface area (Å²) in [7, 11) is 0. The van der Waals surface area contributed by atoms with Gasteiger partial charge >= 0.3 is 0 Å². The summed E-state index contributed by atoms with van der Waals surface area (Å²) in [5, 5.41) is 3.74. The third-order valence-corrected chi connectivity index (χ3v) is 4.64. The van der Waals surface area contributed by atoms with Crippen LogP contribution in [-0.2, 0) is 0 Å². The van der Waals surface area contributed by atoms with E-state index in [0.29, 0.717) is 0 Å². The van der Waals surface area contributed by atoms with Gasteiger partial charge in [0, 0.05) is 9.58 Å². The fourth-order valence-corrected chi connectivity index (χ4v) is 3.59. The van der Waals surface area contributed by atoms with E-state index in [0.717, 1.165) is 11.3 Å². The Hall–Kier alpha value is -1.80. The second-order valence-electron chi connectivity index (χ2n) is 4.81. The van der Waals surface area contributed by atoms with Crippen molar-refractivity contribution in [1.29, 1.82) is 0 Å². The van der Waals surface area contributed by atoms with Gasteiger partial charge in [-0.25, -0.2) is 0 Å². The molecule has 0 atom stereocenters. The van der Waals surface area contributed by atoms with E-state index in [2.05, 4.69) is 66.5 Å². The van der Waals surface area contributed by atoms with Crippen LogP contribution in [0, 0.1) is 13.8 Å². The minimum Gasteiger partial charge on any atom is -0.194 e. The smallest absolute Gasteiger partial charge is 0.0771 e. The molecule has 2 aromatic carbocycles. The first kappa shape index (κ1) is 13.2. The molecule has 0 saturated carbocycles. The molecule has 0 unspecified atom stereocenters. The normalized spacial score (nSPS) is 10.5. The SMILES string of the molecule is Cc1cc(-c2cc3ccccc3s2)c(C)cc1N=C=S.